The number of benzene rings is 1. The second kappa shape index (κ2) is 9.25. The van der Waals surface area contributed by atoms with Crippen LogP contribution < -0.4 is 16.4 Å². The van der Waals surface area contributed by atoms with Gasteiger partial charge in [0.15, 0.2) is 0 Å². The van der Waals surface area contributed by atoms with Crippen molar-refractivity contribution in [1.29, 1.82) is 0 Å². The number of hydrogen-bond acceptors (Lipinski definition) is 8. The minimum absolute atomic E-state index is 0.00294. The number of hydrogen-bond donors (Lipinski definition) is 6. The number of nitrogens with one attached hydrogen (secondary N) is 2. The molecule has 11 heteroatoms. The smallest absolute Gasteiger partial charge is 0.251 e. The van der Waals surface area contributed by atoms with Gasteiger partial charge in [-0.1, -0.05) is 6.07 Å². The van der Waals surface area contributed by atoms with Gasteiger partial charge in [-0.15, -0.1) is 11.3 Å². The SMILES string of the molecule is CC(C)(O)c1cc(F)c(-c2cc(C(N)=O)c(Nc3cccc([C@@]4(O)CCNC[C@@H]4O)n3)s2)c(F)c1. The molecular formula is C24H26F2N4O4S. The number of pyridine rings is 1. The van der Waals surface area contributed by atoms with Crippen molar-refractivity contribution in [3.63, 3.8) is 0 Å². The summed E-state index contributed by atoms with van der Waals surface area (Å²) in [7, 11) is 0. The number of amides is 1. The van der Waals surface area contributed by atoms with Crippen LogP contribution in [0.3, 0.4) is 0 Å². The first-order valence-corrected chi connectivity index (χ1v) is 11.7. The first-order valence-electron chi connectivity index (χ1n) is 10.9. The summed E-state index contributed by atoms with van der Waals surface area (Å²) >= 11 is 0.902. The molecule has 1 aromatic carbocycles. The Hall–Kier alpha value is -2.96. The number of aromatic nitrogens is 1. The van der Waals surface area contributed by atoms with Crippen molar-refractivity contribution in [3.8, 4) is 10.4 Å². The molecule has 1 amide bonds. The lowest BCUT2D eigenvalue weighted by Crippen LogP contribution is -2.52. The van der Waals surface area contributed by atoms with Crippen LogP contribution in [0.2, 0.25) is 0 Å². The lowest BCUT2D eigenvalue weighted by atomic mass is 9.86. The maximum Gasteiger partial charge on any atom is 0.251 e. The number of nitrogens with zero attached hydrogens (tertiary/aromatic N) is 1. The van der Waals surface area contributed by atoms with Crippen molar-refractivity contribution in [2.24, 2.45) is 5.73 Å². The van der Waals surface area contributed by atoms with Crippen LogP contribution in [0.5, 0.6) is 0 Å². The van der Waals surface area contributed by atoms with E-state index >= 15 is 0 Å². The van der Waals surface area contributed by atoms with Crippen LogP contribution in [0.15, 0.2) is 36.4 Å². The Morgan fingerprint density at radius 2 is 1.97 bits per heavy atom. The number of aliphatic hydroxyl groups is 3. The molecular weight excluding hydrogens is 478 g/mol. The molecule has 8 nitrogen and oxygen atoms in total. The third kappa shape index (κ3) is 4.91. The molecule has 0 bridgehead atoms. The van der Waals surface area contributed by atoms with Gasteiger partial charge in [-0.3, -0.25) is 4.79 Å². The Labute approximate surface area is 204 Å². The van der Waals surface area contributed by atoms with Gasteiger partial charge in [0.1, 0.15) is 34.2 Å². The summed E-state index contributed by atoms with van der Waals surface area (Å²) in [4.78, 5) is 16.6. The molecule has 0 aliphatic carbocycles. The van der Waals surface area contributed by atoms with E-state index in [-0.39, 0.29) is 51.0 Å². The largest absolute Gasteiger partial charge is 0.388 e. The molecule has 7 N–H and O–H groups in total. The quantitative estimate of drug-likeness (QED) is 0.303. The number of halogens is 2. The van der Waals surface area contributed by atoms with E-state index in [9.17, 15) is 28.9 Å². The fourth-order valence-corrected chi connectivity index (χ4v) is 5.08. The topological polar surface area (TPSA) is 141 Å². The van der Waals surface area contributed by atoms with Crippen molar-refractivity contribution in [1.82, 2.24) is 10.3 Å². The van der Waals surface area contributed by atoms with Crippen LogP contribution in [0.25, 0.3) is 10.4 Å². The zero-order valence-corrected chi connectivity index (χ0v) is 19.9. The Morgan fingerprint density at radius 3 is 2.57 bits per heavy atom. The van der Waals surface area contributed by atoms with Crippen molar-refractivity contribution in [2.75, 3.05) is 18.4 Å². The molecule has 186 valence electrons. The highest BCUT2D eigenvalue weighted by molar-refractivity contribution is 7.20. The fourth-order valence-electron chi connectivity index (χ4n) is 3.97. The van der Waals surface area contributed by atoms with Gasteiger partial charge in [-0.25, -0.2) is 13.8 Å². The molecule has 1 aliphatic rings. The molecule has 2 atom stereocenters. The Kier molecular flexibility index (Phi) is 6.64. The molecule has 3 aromatic rings. The zero-order valence-electron chi connectivity index (χ0n) is 19.1. The summed E-state index contributed by atoms with van der Waals surface area (Å²) in [5, 5.41) is 37.5. The highest BCUT2D eigenvalue weighted by Gasteiger charge is 2.41. The van der Waals surface area contributed by atoms with Crippen molar-refractivity contribution in [3.05, 3.63) is 64.9 Å². The number of primary amides is 1. The van der Waals surface area contributed by atoms with Gasteiger partial charge in [-0.05, 0) is 62.7 Å². The minimum Gasteiger partial charge on any atom is -0.388 e. The molecule has 2 aromatic heterocycles. The van der Waals surface area contributed by atoms with E-state index in [1.54, 1.807) is 18.2 Å². The molecule has 4 rings (SSSR count). The van der Waals surface area contributed by atoms with E-state index in [4.69, 9.17) is 5.73 Å². The van der Waals surface area contributed by atoms with Crippen LogP contribution in [-0.4, -0.2) is 45.4 Å². The number of nitrogens with two attached hydrogens (primary N) is 1. The molecule has 0 unspecified atom stereocenters. The van der Waals surface area contributed by atoms with Crippen LogP contribution in [0.4, 0.5) is 19.6 Å². The summed E-state index contributed by atoms with van der Waals surface area (Å²) < 4.78 is 29.8. The van der Waals surface area contributed by atoms with Gasteiger partial charge in [0.05, 0.1) is 22.4 Å². The number of rotatable bonds is 6. The third-order valence-corrected chi connectivity index (χ3v) is 7.07. The lowest BCUT2D eigenvalue weighted by molar-refractivity contribution is -0.100. The average molecular weight is 505 g/mol. The number of β-amino-alcohol motifs (C(OH)–C–C–N with tert-alkyl or cyclic N) is 1. The summed E-state index contributed by atoms with van der Waals surface area (Å²) in [6, 6.07) is 8.18. The van der Waals surface area contributed by atoms with E-state index in [1.165, 1.54) is 19.9 Å². The molecule has 0 saturated carbocycles. The van der Waals surface area contributed by atoms with Gasteiger partial charge in [0, 0.05) is 11.4 Å². The molecule has 3 heterocycles. The second-order valence-electron chi connectivity index (χ2n) is 9.02. The second-order valence-corrected chi connectivity index (χ2v) is 10.1. The van der Waals surface area contributed by atoms with Crippen LogP contribution in [0.1, 0.15) is 41.9 Å². The lowest BCUT2D eigenvalue weighted by Gasteiger charge is -2.36. The molecule has 1 aliphatic heterocycles. The van der Waals surface area contributed by atoms with Gasteiger partial charge >= 0.3 is 0 Å². The first-order chi connectivity index (χ1) is 16.4. The van der Waals surface area contributed by atoms with Crippen LogP contribution in [0, 0.1) is 11.6 Å². The number of piperidine rings is 1. The summed E-state index contributed by atoms with van der Waals surface area (Å²) in [5.74, 6) is -2.36. The number of carbonyl (C=O) groups is 1. The predicted molar refractivity (Wildman–Crippen MR) is 128 cm³/mol. The van der Waals surface area contributed by atoms with E-state index in [1.807, 2.05) is 0 Å². The summed E-state index contributed by atoms with van der Waals surface area (Å²) in [6.07, 6.45) is -0.814. The van der Waals surface area contributed by atoms with E-state index in [0.29, 0.717) is 6.54 Å². The number of carbonyl (C=O) groups excluding carboxylic acids is 1. The maximum absolute atomic E-state index is 14.9. The summed E-state index contributed by atoms with van der Waals surface area (Å²) in [5.41, 5.74) is 2.48. The van der Waals surface area contributed by atoms with Crippen molar-refractivity contribution < 1.29 is 28.9 Å². The third-order valence-electron chi connectivity index (χ3n) is 6.00. The minimum atomic E-state index is -1.55. The molecule has 1 fully saturated rings. The Bertz CT molecular complexity index is 1250. The molecule has 1 saturated heterocycles. The Morgan fingerprint density at radius 1 is 1.29 bits per heavy atom. The van der Waals surface area contributed by atoms with Gasteiger partial charge in [0.25, 0.3) is 5.91 Å². The maximum atomic E-state index is 14.9. The first kappa shape index (κ1) is 25.1. The summed E-state index contributed by atoms with van der Waals surface area (Å²) in [6.45, 7) is 3.54. The Balaban J connectivity index is 1.71. The standard InChI is InChI=1S/C24H26F2N4O4S/c1-23(2,33)12-8-14(25)20(15(26)9-12)16-10-13(21(27)32)22(35-16)30-19-5-3-4-17(29-19)24(34)6-7-28-11-18(24)31/h3-5,8-10,18,28,31,33-34H,6-7,11H2,1-2H3,(H2,27,32)(H,29,30)/t18-,24-/m0/s1. The molecule has 35 heavy (non-hydrogen) atoms. The highest BCUT2D eigenvalue weighted by atomic mass is 32.1. The van der Waals surface area contributed by atoms with E-state index in [0.717, 1.165) is 23.5 Å². The van der Waals surface area contributed by atoms with Gasteiger partial charge < -0.3 is 31.7 Å². The van der Waals surface area contributed by atoms with E-state index < -0.39 is 34.8 Å². The normalized spacial score (nSPS) is 20.6. The average Bonchev–Trinajstić information content (AvgIpc) is 3.18. The highest BCUT2D eigenvalue weighted by Crippen LogP contribution is 2.40. The van der Waals surface area contributed by atoms with Crippen molar-refractivity contribution in [2.45, 2.75) is 37.6 Å². The monoisotopic (exact) mass is 504 g/mol. The number of anilines is 2. The van der Waals surface area contributed by atoms with E-state index in [2.05, 4.69) is 15.6 Å². The molecule has 0 radical (unpaired) electrons. The fraction of sp³-hybridized carbons (Fsp3) is 0.333. The number of thiophene rings is 1. The zero-order chi connectivity index (χ0) is 25.5. The van der Waals surface area contributed by atoms with Crippen LogP contribution in [-0.2, 0) is 11.2 Å². The van der Waals surface area contributed by atoms with Gasteiger partial charge in [0.2, 0.25) is 0 Å². The predicted octanol–water partition coefficient (Wildman–Crippen LogP) is 2.70. The number of aliphatic hydroxyl groups excluding tert-OH is 1. The van der Waals surface area contributed by atoms with Crippen LogP contribution >= 0.6 is 11.3 Å². The molecule has 0 spiro atoms. The van der Waals surface area contributed by atoms with Crippen molar-refractivity contribution >= 4 is 28.1 Å². The van der Waals surface area contributed by atoms with Gasteiger partial charge in [-0.2, -0.15) is 0 Å².